The number of rotatable bonds is 18. The molecule has 2 heterocycles. The predicted molar refractivity (Wildman–Crippen MR) is 173 cm³/mol. The molecule has 1 aromatic heterocycles. The molecule has 1 aromatic rings. The minimum atomic E-state index is -3.91. The highest BCUT2D eigenvalue weighted by molar-refractivity contribution is 8.04. The van der Waals surface area contributed by atoms with Crippen molar-refractivity contribution in [2.45, 2.75) is 93.9 Å². The number of nitrogens with zero attached hydrogens (tertiary/aromatic N) is 3. The van der Waals surface area contributed by atoms with Crippen LogP contribution in [0.5, 0.6) is 0 Å². The molecular formula is C29H43F2N5O9S2. The Bertz CT molecular complexity index is 1330. The average molecular weight is 708 g/mol. The fraction of sp³-hybridized carbons (Fsp3) is 0.724. The van der Waals surface area contributed by atoms with Crippen molar-refractivity contribution in [3.05, 3.63) is 22.7 Å². The lowest BCUT2D eigenvalue weighted by Crippen LogP contribution is -2.44. The third-order valence-electron chi connectivity index (χ3n) is 7.65. The Morgan fingerprint density at radius 2 is 1.85 bits per heavy atom. The van der Waals surface area contributed by atoms with Crippen LogP contribution < -0.4 is 16.7 Å². The van der Waals surface area contributed by atoms with E-state index in [0.29, 0.717) is 20.8 Å². The quantitative estimate of drug-likeness (QED) is 0.127. The highest BCUT2D eigenvalue weighted by Crippen LogP contribution is 2.42. The number of esters is 2. The maximum atomic E-state index is 14.6. The summed E-state index contributed by atoms with van der Waals surface area (Å²) in [4.78, 5) is 55.4. The van der Waals surface area contributed by atoms with Gasteiger partial charge in [-0.3, -0.25) is 19.1 Å². The summed E-state index contributed by atoms with van der Waals surface area (Å²) in [5.41, 5.74) is 5.13. The van der Waals surface area contributed by atoms with Gasteiger partial charge in [-0.05, 0) is 25.8 Å². The number of carboxylic acid groups (broad SMARTS) is 1. The Morgan fingerprint density at radius 3 is 2.45 bits per heavy atom. The number of aromatic nitrogens is 2. The number of aliphatic hydroxyl groups is 1. The Labute approximate surface area is 279 Å². The number of carbonyl (C=O) groups excluding carboxylic acids is 2. The van der Waals surface area contributed by atoms with Crippen LogP contribution in [-0.4, -0.2) is 115 Å². The maximum absolute atomic E-state index is 14.6. The molecule has 1 saturated heterocycles. The molecule has 0 aromatic carbocycles. The number of anilines is 1. The molecule has 47 heavy (non-hydrogen) atoms. The molecule has 14 nitrogen and oxygen atoms in total. The van der Waals surface area contributed by atoms with Crippen molar-refractivity contribution in [3.8, 4) is 0 Å². The Hall–Kier alpha value is -2.80. The largest absolute Gasteiger partial charge is 0.480 e. The van der Waals surface area contributed by atoms with E-state index in [1.54, 1.807) is 11.8 Å². The normalized spacial score (nSPS) is 25.2. The Kier molecular flexibility index (Phi) is 14.4. The third-order valence-corrected chi connectivity index (χ3v) is 11.0. The zero-order chi connectivity index (χ0) is 34.9. The van der Waals surface area contributed by atoms with Gasteiger partial charge in [-0.25, -0.2) is 9.59 Å². The maximum Gasteiger partial charge on any atom is 0.351 e. The van der Waals surface area contributed by atoms with Crippen LogP contribution in [0, 0.1) is 5.92 Å². The molecule has 0 amide bonds. The molecule has 1 aliphatic heterocycles. The number of nitrogens with one attached hydrogen (secondary N) is 1. The number of carboxylic acids is 1. The molecule has 1 saturated carbocycles. The second-order valence-corrected chi connectivity index (χ2v) is 14.3. The van der Waals surface area contributed by atoms with Gasteiger partial charge in [-0.2, -0.15) is 37.3 Å². The molecule has 2 fully saturated rings. The van der Waals surface area contributed by atoms with E-state index in [1.165, 1.54) is 0 Å². The Balaban J connectivity index is 1.33. The molecule has 18 heteroatoms. The lowest BCUT2D eigenvalue weighted by Gasteiger charge is -2.37. The number of carbonyl (C=O) groups is 3. The summed E-state index contributed by atoms with van der Waals surface area (Å²) < 4.78 is 44.5. The average Bonchev–Trinajstić information content (AvgIpc) is 3.20. The molecule has 0 radical (unpaired) electrons. The molecule has 0 spiro atoms. The van der Waals surface area contributed by atoms with Gasteiger partial charge >= 0.3 is 29.5 Å². The van der Waals surface area contributed by atoms with Crippen molar-refractivity contribution < 1.29 is 47.6 Å². The molecule has 1 aliphatic carbocycles. The van der Waals surface area contributed by atoms with Crippen LogP contribution in [-0.2, 0) is 28.6 Å². The van der Waals surface area contributed by atoms with E-state index in [2.05, 4.69) is 15.3 Å². The third kappa shape index (κ3) is 11.1. The summed E-state index contributed by atoms with van der Waals surface area (Å²) in [6, 6.07) is 0.630. The van der Waals surface area contributed by atoms with Crippen molar-refractivity contribution in [3.63, 3.8) is 0 Å². The minimum absolute atomic E-state index is 0.0910. The van der Waals surface area contributed by atoms with Crippen molar-refractivity contribution in [2.75, 3.05) is 37.0 Å². The van der Waals surface area contributed by atoms with E-state index < -0.39 is 67.2 Å². The number of ether oxygens (including phenoxy) is 3. The minimum Gasteiger partial charge on any atom is -0.480 e. The number of alkyl halides is 2. The topological polar surface area (TPSA) is 205 Å². The van der Waals surface area contributed by atoms with Gasteiger partial charge < -0.3 is 35.5 Å². The molecule has 0 bridgehead atoms. The fourth-order valence-corrected chi connectivity index (χ4v) is 7.87. The van der Waals surface area contributed by atoms with Gasteiger partial charge in [0.2, 0.25) is 6.23 Å². The molecular weight excluding hydrogens is 664 g/mol. The lowest BCUT2D eigenvalue weighted by atomic mass is 9.99. The lowest BCUT2D eigenvalue weighted by molar-refractivity contribution is -0.162. The van der Waals surface area contributed by atoms with Crippen LogP contribution in [0.1, 0.15) is 53.2 Å². The van der Waals surface area contributed by atoms with Gasteiger partial charge in [0, 0.05) is 52.4 Å². The van der Waals surface area contributed by atoms with Crippen LogP contribution in [0.2, 0.25) is 0 Å². The van der Waals surface area contributed by atoms with Gasteiger partial charge in [0.15, 0.2) is 12.7 Å². The number of hydrogen-bond acceptors (Lipinski definition) is 14. The van der Waals surface area contributed by atoms with E-state index >= 15 is 0 Å². The second-order valence-electron chi connectivity index (χ2n) is 11.7. The van der Waals surface area contributed by atoms with Crippen molar-refractivity contribution in [1.82, 2.24) is 14.9 Å². The summed E-state index contributed by atoms with van der Waals surface area (Å²) in [5.74, 6) is -5.17. The summed E-state index contributed by atoms with van der Waals surface area (Å²) in [7, 11) is 0. The first-order chi connectivity index (χ1) is 22.1. The highest BCUT2D eigenvalue weighted by Gasteiger charge is 2.60. The zero-order valence-electron chi connectivity index (χ0n) is 26.7. The monoisotopic (exact) mass is 707 g/mol. The zero-order valence-corrected chi connectivity index (χ0v) is 28.3. The SMILES string of the molecule is CC(=NCCC(=O)OCC(=O)OCC1OC(n2ccc(N)nc2=O)C(F)(F)C1O)C(C)CSC1CCC1SCC(NC(C)C)C(=O)O. The van der Waals surface area contributed by atoms with Gasteiger partial charge in [0.25, 0.3) is 0 Å². The smallest absolute Gasteiger partial charge is 0.351 e. The first-order valence-corrected chi connectivity index (χ1v) is 17.3. The van der Waals surface area contributed by atoms with Crippen molar-refractivity contribution in [1.29, 1.82) is 0 Å². The number of thioether (sulfide) groups is 2. The number of aliphatic carboxylic acids is 1. The standard InChI is InChI=1S/C29H43F2N5O9S2/c1-15(2)34-18(26(40)41)14-47-21-6-5-20(21)46-13-16(3)17(4)33-9-7-23(37)44-12-24(38)43-11-19-25(39)29(30,31)27(45-19)36-10-8-22(32)35-28(36)42/h8,10,15-16,18-21,25,27,34,39H,5-7,9,11-14H2,1-4H3,(H,40,41)(H2,32,35,42). The summed E-state index contributed by atoms with van der Waals surface area (Å²) in [6.07, 6.45) is -3.26. The number of aliphatic imine (C=N–C) groups is 1. The van der Waals surface area contributed by atoms with Gasteiger partial charge in [0.05, 0.1) is 6.42 Å². The molecule has 3 rings (SSSR count). The number of aliphatic hydroxyl groups excluding tert-OH is 1. The Morgan fingerprint density at radius 1 is 1.19 bits per heavy atom. The van der Waals surface area contributed by atoms with E-state index in [0.717, 1.165) is 36.6 Å². The van der Waals surface area contributed by atoms with Gasteiger partial charge in [-0.15, -0.1) is 0 Å². The van der Waals surface area contributed by atoms with E-state index in [4.69, 9.17) is 19.9 Å². The first kappa shape index (κ1) is 38.6. The van der Waals surface area contributed by atoms with E-state index in [-0.39, 0.29) is 30.7 Å². The summed E-state index contributed by atoms with van der Waals surface area (Å²) in [6.45, 7) is 6.36. The van der Waals surface area contributed by atoms with Gasteiger partial charge in [0.1, 0.15) is 24.6 Å². The van der Waals surface area contributed by atoms with Crippen LogP contribution in [0.4, 0.5) is 14.6 Å². The first-order valence-electron chi connectivity index (χ1n) is 15.2. The molecule has 7 atom stereocenters. The second kappa shape index (κ2) is 17.6. The fourth-order valence-electron chi connectivity index (χ4n) is 4.64. The number of nitrogen functional groups attached to an aromatic ring is 1. The predicted octanol–water partition coefficient (Wildman–Crippen LogP) is 1.74. The molecule has 5 N–H and O–H groups in total. The number of nitrogens with two attached hydrogens (primary N) is 1. The summed E-state index contributed by atoms with van der Waals surface area (Å²) in [5, 5.41) is 23.4. The van der Waals surface area contributed by atoms with Crippen LogP contribution in [0.3, 0.4) is 0 Å². The van der Waals surface area contributed by atoms with Crippen LogP contribution >= 0.6 is 23.5 Å². The van der Waals surface area contributed by atoms with Crippen LogP contribution in [0.15, 0.2) is 22.1 Å². The number of halogens is 2. The molecule has 7 unspecified atom stereocenters. The molecule has 2 aliphatic rings. The van der Waals surface area contributed by atoms with Gasteiger partial charge in [-0.1, -0.05) is 20.8 Å². The summed E-state index contributed by atoms with van der Waals surface area (Å²) >= 11 is 3.55. The van der Waals surface area contributed by atoms with Crippen LogP contribution in [0.25, 0.3) is 0 Å². The van der Waals surface area contributed by atoms with Crippen molar-refractivity contribution >= 4 is 53.0 Å². The van der Waals surface area contributed by atoms with E-state index in [1.807, 2.05) is 39.5 Å². The molecule has 264 valence electrons. The van der Waals surface area contributed by atoms with Crippen molar-refractivity contribution in [2.24, 2.45) is 10.9 Å². The highest BCUT2D eigenvalue weighted by atomic mass is 32.2. The van der Waals surface area contributed by atoms with E-state index in [9.17, 15) is 38.2 Å². The number of hydrogen-bond donors (Lipinski definition) is 4.